The Hall–Kier alpha value is -0.770. The van der Waals surface area contributed by atoms with Crippen molar-refractivity contribution < 1.29 is 4.79 Å². The van der Waals surface area contributed by atoms with Crippen LogP contribution in [0.15, 0.2) is 18.2 Å². The van der Waals surface area contributed by atoms with Crippen molar-refractivity contribution >= 4 is 29.9 Å². The molecule has 19 heavy (non-hydrogen) atoms. The molecule has 1 saturated heterocycles. The Balaban J connectivity index is 0.00000180. The van der Waals surface area contributed by atoms with Crippen molar-refractivity contribution in [3.05, 3.63) is 34.3 Å². The minimum Gasteiger partial charge on any atom is -0.352 e. The molecule has 106 valence electrons. The molecule has 1 amide bonds. The highest BCUT2D eigenvalue weighted by atomic mass is 35.5. The van der Waals surface area contributed by atoms with Crippen LogP contribution in [0.2, 0.25) is 5.02 Å². The molecular weight excluding hydrogens is 283 g/mol. The molecule has 5 heteroatoms. The summed E-state index contributed by atoms with van der Waals surface area (Å²) >= 11 is 6.01. The molecule has 1 heterocycles. The van der Waals surface area contributed by atoms with E-state index in [1.54, 1.807) is 6.07 Å². The van der Waals surface area contributed by atoms with E-state index >= 15 is 0 Å². The molecule has 1 unspecified atom stereocenters. The van der Waals surface area contributed by atoms with Gasteiger partial charge in [0.15, 0.2) is 0 Å². The summed E-state index contributed by atoms with van der Waals surface area (Å²) in [5.74, 6) is 0.662. The Kier molecular flexibility index (Phi) is 6.63. The van der Waals surface area contributed by atoms with Gasteiger partial charge in [0, 0.05) is 17.1 Å². The van der Waals surface area contributed by atoms with Gasteiger partial charge in [-0.15, -0.1) is 12.4 Å². The van der Waals surface area contributed by atoms with E-state index in [1.165, 1.54) is 6.42 Å². The minimum atomic E-state index is -0.0390. The first-order valence-electron chi connectivity index (χ1n) is 6.42. The molecule has 0 bridgehead atoms. The van der Waals surface area contributed by atoms with E-state index in [-0.39, 0.29) is 18.3 Å². The van der Waals surface area contributed by atoms with Crippen LogP contribution in [0.1, 0.15) is 28.8 Å². The lowest BCUT2D eigenvalue weighted by molar-refractivity contribution is 0.0951. The molecular formula is C14H20Cl2N2O. The Labute approximate surface area is 125 Å². The van der Waals surface area contributed by atoms with Crippen LogP contribution in [-0.2, 0) is 0 Å². The monoisotopic (exact) mass is 302 g/mol. The normalized spacial score (nSPS) is 17.9. The second kappa shape index (κ2) is 7.73. The molecule has 1 aromatic carbocycles. The SMILES string of the molecule is Cc1ccc(C(=O)NCCC2CCNC2)cc1Cl.Cl. The van der Waals surface area contributed by atoms with Crippen LogP contribution >= 0.6 is 24.0 Å². The summed E-state index contributed by atoms with van der Waals surface area (Å²) in [4.78, 5) is 11.9. The molecule has 1 atom stereocenters. The van der Waals surface area contributed by atoms with Crippen molar-refractivity contribution in [3.8, 4) is 0 Å². The predicted molar refractivity (Wildman–Crippen MR) is 81.4 cm³/mol. The van der Waals surface area contributed by atoms with Crippen LogP contribution < -0.4 is 10.6 Å². The highest BCUT2D eigenvalue weighted by molar-refractivity contribution is 6.31. The third kappa shape index (κ3) is 4.68. The lowest BCUT2D eigenvalue weighted by atomic mass is 10.1. The standard InChI is InChI=1S/C14H19ClN2O.ClH/c1-10-2-3-12(8-13(10)15)14(18)17-7-5-11-4-6-16-9-11;/h2-3,8,11,16H,4-7,9H2,1H3,(H,17,18);1H. The fourth-order valence-electron chi connectivity index (χ4n) is 2.19. The number of hydrogen-bond donors (Lipinski definition) is 2. The van der Waals surface area contributed by atoms with E-state index in [0.29, 0.717) is 16.5 Å². The highest BCUT2D eigenvalue weighted by Gasteiger charge is 2.14. The average molecular weight is 303 g/mol. The van der Waals surface area contributed by atoms with E-state index in [2.05, 4.69) is 10.6 Å². The smallest absolute Gasteiger partial charge is 0.251 e. The topological polar surface area (TPSA) is 41.1 Å². The zero-order chi connectivity index (χ0) is 13.0. The van der Waals surface area contributed by atoms with Crippen LogP contribution in [0.4, 0.5) is 0 Å². The molecule has 2 rings (SSSR count). The maximum atomic E-state index is 11.9. The van der Waals surface area contributed by atoms with E-state index in [0.717, 1.165) is 31.6 Å². The largest absolute Gasteiger partial charge is 0.352 e. The zero-order valence-electron chi connectivity index (χ0n) is 11.0. The van der Waals surface area contributed by atoms with Gasteiger partial charge >= 0.3 is 0 Å². The Morgan fingerprint density at radius 1 is 1.53 bits per heavy atom. The number of amides is 1. The van der Waals surface area contributed by atoms with Crippen LogP contribution in [0, 0.1) is 12.8 Å². The Bertz CT molecular complexity index is 431. The van der Waals surface area contributed by atoms with Gasteiger partial charge in [-0.3, -0.25) is 4.79 Å². The third-order valence-electron chi connectivity index (χ3n) is 3.43. The summed E-state index contributed by atoms with van der Waals surface area (Å²) in [6.45, 7) is 4.84. The van der Waals surface area contributed by atoms with E-state index < -0.39 is 0 Å². The number of rotatable bonds is 4. The van der Waals surface area contributed by atoms with Gasteiger partial charge in [-0.05, 0) is 56.5 Å². The van der Waals surface area contributed by atoms with E-state index in [1.807, 2.05) is 19.1 Å². The quantitative estimate of drug-likeness (QED) is 0.898. The van der Waals surface area contributed by atoms with Crippen LogP contribution in [-0.4, -0.2) is 25.5 Å². The summed E-state index contributed by atoms with van der Waals surface area (Å²) < 4.78 is 0. The maximum absolute atomic E-state index is 11.9. The minimum absolute atomic E-state index is 0. The number of carbonyl (C=O) groups is 1. The summed E-state index contributed by atoms with van der Waals surface area (Å²) in [5.41, 5.74) is 1.63. The lowest BCUT2D eigenvalue weighted by Crippen LogP contribution is -2.26. The molecule has 0 radical (unpaired) electrons. The van der Waals surface area contributed by atoms with Gasteiger partial charge in [0.25, 0.3) is 5.91 Å². The molecule has 1 aromatic rings. The number of halogens is 2. The summed E-state index contributed by atoms with van der Waals surface area (Å²) in [6.07, 6.45) is 2.25. The van der Waals surface area contributed by atoms with Crippen molar-refractivity contribution in [2.75, 3.05) is 19.6 Å². The Morgan fingerprint density at radius 2 is 2.32 bits per heavy atom. The van der Waals surface area contributed by atoms with Gasteiger partial charge in [0.1, 0.15) is 0 Å². The molecule has 3 nitrogen and oxygen atoms in total. The van der Waals surface area contributed by atoms with Crippen molar-refractivity contribution in [1.82, 2.24) is 10.6 Å². The average Bonchev–Trinajstić information content (AvgIpc) is 2.85. The first-order chi connectivity index (χ1) is 8.66. The molecule has 0 saturated carbocycles. The second-order valence-electron chi connectivity index (χ2n) is 4.87. The van der Waals surface area contributed by atoms with Crippen LogP contribution in [0.5, 0.6) is 0 Å². The van der Waals surface area contributed by atoms with Gasteiger partial charge < -0.3 is 10.6 Å². The van der Waals surface area contributed by atoms with Crippen molar-refractivity contribution in [2.45, 2.75) is 19.8 Å². The van der Waals surface area contributed by atoms with Gasteiger partial charge in [-0.25, -0.2) is 0 Å². The summed E-state index contributed by atoms with van der Waals surface area (Å²) in [5, 5.41) is 6.91. The molecule has 1 fully saturated rings. The Morgan fingerprint density at radius 3 is 2.95 bits per heavy atom. The lowest BCUT2D eigenvalue weighted by Gasteiger charge is -2.10. The predicted octanol–water partition coefficient (Wildman–Crippen LogP) is 2.80. The van der Waals surface area contributed by atoms with Crippen LogP contribution in [0.25, 0.3) is 0 Å². The number of benzene rings is 1. The molecule has 2 N–H and O–H groups in total. The van der Waals surface area contributed by atoms with Gasteiger partial charge in [-0.1, -0.05) is 17.7 Å². The van der Waals surface area contributed by atoms with E-state index in [4.69, 9.17) is 11.6 Å². The molecule has 0 aromatic heterocycles. The molecule has 0 spiro atoms. The maximum Gasteiger partial charge on any atom is 0.251 e. The molecule has 1 aliphatic heterocycles. The van der Waals surface area contributed by atoms with Crippen LogP contribution in [0.3, 0.4) is 0 Å². The molecule has 0 aliphatic carbocycles. The number of aryl methyl sites for hydroxylation is 1. The first-order valence-corrected chi connectivity index (χ1v) is 6.79. The fraction of sp³-hybridized carbons (Fsp3) is 0.500. The first kappa shape index (κ1) is 16.3. The number of nitrogens with one attached hydrogen (secondary N) is 2. The number of carbonyl (C=O) groups excluding carboxylic acids is 1. The highest BCUT2D eigenvalue weighted by Crippen LogP contribution is 2.16. The van der Waals surface area contributed by atoms with Crippen molar-refractivity contribution in [3.63, 3.8) is 0 Å². The van der Waals surface area contributed by atoms with Gasteiger partial charge in [-0.2, -0.15) is 0 Å². The summed E-state index contributed by atoms with van der Waals surface area (Å²) in [6, 6.07) is 5.41. The second-order valence-corrected chi connectivity index (χ2v) is 5.27. The van der Waals surface area contributed by atoms with Gasteiger partial charge in [0.2, 0.25) is 0 Å². The van der Waals surface area contributed by atoms with Gasteiger partial charge in [0.05, 0.1) is 0 Å². The van der Waals surface area contributed by atoms with Crippen molar-refractivity contribution in [1.29, 1.82) is 0 Å². The van der Waals surface area contributed by atoms with E-state index in [9.17, 15) is 4.79 Å². The van der Waals surface area contributed by atoms with Crippen molar-refractivity contribution in [2.24, 2.45) is 5.92 Å². The summed E-state index contributed by atoms with van der Waals surface area (Å²) in [7, 11) is 0. The fourth-order valence-corrected chi connectivity index (χ4v) is 2.37. The third-order valence-corrected chi connectivity index (χ3v) is 3.84. The molecule has 1 aliphatic rings. The zero-order valence-corrected chi connectivity index (χ0v) is 12.6. The number of hydrogen-bond acceptors (Lipinski definition) is 2.